The summed E-state index contributed by atoms with van der Waals surface area (Å²) < 4.78 is 2.23. The molecule has 1 amide bonds. The second-order valence-electron chi connectivity index (χ2n) is 6.82. The van der Waals surface area contributed by atoms with E-state index in [1.54, 1.807) is 0 Å². The monoisotopic (exact) mass is 366 g/mol. The maximum atomic E-state index is 12.6. The fourth-order valence-corrected chi connectivity index (χ4v) is 4.20. The van der Waals surface area contributed by atoms with Gasteiger partial charge in [-0.2, -0.15) is 0 Å². The van der Waals surface area contributed by atoms with E-state index in [0.717, 1.165) is 58.3 Å². The van der Waals surface area contributed by atoms with Gasteiger partial charge in [0.05, 0.1) is 4.88 Å². The van der Waals surface area contributed by atoms with Crippen molar-refractivity contribution < 1.29 is 4.79 Å². The summed E-state index contributed by atoms with van der Waals surface area (Å²) in [5, 5.41) is 13.8. The van der Waals surface area contributed by atoms with Crippen LogP contribution in [-0.2, 0) is 13.0 Å². The van der Waals surface area contributed by atoms with Crippen molar-refractivity contribution in [2.75, 3.05) is 5.32 Å². The molecule has 0 atom stereocenters. The van der Waals surface area contributed by atoms with E-state index in [4.69, 9.17) is 0 Å². The van der Waals surface area contributed by atoms with Crippen molar-refractivity contribution in [3.8, 4) is 11.4 Å². The first-order valence-corrected chi connectivity index (χ1v) is 9.90. The van der Waals surface area contributed by atoms with Gasteiger partial charge in [-0.15, -0.1) is 21.5 Å². The van der Waals surface area contributed by atoms with Crippen molar-refractivity contribution >= 4 is 22.9 Å². The highest BCUT2D eigenvalue weighted by Gasteiger charge is 2.18. The highest BCUT2D eigenvalue weighted by atomic mass is 32.1. The summed E-state index contributed by atoms with van der Waals surface area (Å²) in [5.41, 5.74) is 3.86. The average molecular weight is 366 g/mol. The molecule has 3 heterocycles. The van der Waals surface area contributed by atoms with Crippen molar-refractivity contribution in [3.05, 3.63) is 51.5 Å². The number of benzene rings is 1. The Morgan fingerprint density at radius 1 is 1.12 bits per heavy atom. The topological polar surface area (TPSA) is 59.8 Å². The number of nitrogens with zero attached hydrogens (tertiary/aromatic N) is 3. The summed E-state index contributed by atoms with van der Waals surface area (Å²) in [6.07, 6.45) is 4.55. The first-order valence-electron chi connectivity index (χ1n) is 9.02. The molecule has 26 heavy (non-hydrogen) atoms. The lowest BCUT2D eigenvalue weighted by Gasteiger charge is -2.12. The zero-order chi connectivity index (χ0) is 18.1. The Kier molecular flexibility index (Phi) is 4.59. The molecule has 0 radical (unpaired) electrons. The number of carbonyl (C=O) groups is 1. The molecule has 0 bridgehead atoms. The SMILES string of the molecule is Cc1ccc(-c2nnc3n2CCCCC3)cc1NC(=O)c1sccc1C. The highest BCUT2D eigenvalue weighted by molar-refractivity contribution is 7.12. The predicted octanol–water partition coefficient (Wildman–Crippen LogP) is 4.60. The number of hydrogen-bond acceptors (Lipinski definition) is 4. The van der Waals surface area contributed by atoms with Crippen LogP contribution in [0.4, 0.5) is 5.69 Å². The zero-order valence-corrected chi connectivity index (χ0v) is 15.9. The molecule has 6 heteroatoms. The van der Waals surface area contributed by atoms with Crippen LogP contribution in [0.2, 0.25) is 0 Å². The maximum Gasteiger partial charge on any atom is 0.266 e. The largest absolute Gasteiger partial charge is 0.321 e. The summed E-state index contributed by atoms with van der Waals surface area (Å²) >= 11 is 1.47. The fraction of sp³-hybridized carbons (Fsp3) is 0.350. The van der Waals surface area contributed by atoms with E-state index in [0.29, 0.717) is 0 Å². The van der Waals surface area contributed by atoms with Crippen molar-refractivity contribution in [1.29, 1.82) is 0 Å². The minimum atomic E-state index is -0.0576. The number of fused-ring (bicyclic) bond motifs is 1. The van der Waals surface area contributed by atoms with Gasteiger partial charge in [-0.25, -0.2) is 0 Å². The molecule has 0 spiro atoms. The van der Waals surface area contributed by atoms with Crippen molar-refractivity contribution in [1.82, 2.24) is 14.8 Å². The molecule has 1 aliphatic heterocycles. The molecule has 4 rings (SSSR count). The number of amides is 1. The number of carbonyl (C=O) groups excluding carboxylic acids is 1. The molecule has 0 fully saturated rings. The van der Waals surface area contributed by atoms with Gasteiger partial charge in [-0.05, 0) is 55.3 Å². The molecule has 0 saturated carbocycles. The molecule has 0 aliphatic carbocycles. The van der Waals surface area contributed by atoms with Crippen molar-refractivity contribution in [2.24, 2.45) is 0 Å². The Labute approximate surface area is 157 Å². The molecular formula is C20H22N4OS. The van der Waals surface area contributed by atoms with E-state index >= 15 is 0 Å². The fourth-order valence-electron chi connectivity index (χ4n) is 3.38. The minimum absolute atomic E-state index is 0.0576. The van der Waals surface area contributed by atoms with Crippen LogP contribution in [0.3, 0.4) is 0 Å². The van der Waals surface area contributed by atoms with Gasteiger partial charge in [0.1, 0.15) is 5.82 Å². The zero-order valence-electron chi connectivity index (χ0n) is 15.1. The third-order valence-corrected chi connectivity index (χ3v) is 5.94. The average Bonchev–Trinajstić information content (AvgIpc) is 3.16. The van der Waals surface area contributed by atoms with Gasteiger partial charge in [-0.3, -0.25) is 4.79 Å². The van der Waals surface area contributed by atoms with Crippen LogP contribution < -0.4 is 5.32 Å². The second-order valence-corrected chi connectivity index (χ2v) is 7.73. The normalized spacial score (nSPS) is 13.9. The lowest BCUT2D eigenvalue weighted by atomic mass is 10.1. The third kappa shape index (κ3) is 3.17. The quantitative estimate of drug-likeness (QED) is 0.737. The number of rotatable bonds is 3. The van der Waals surface area contributed by atoms with E-state index in [2.05, 4.69) is 26.1 Å². The van der Waals surface area contributed by atoms with Crippen LogP contribution in [0.25, 0.3) is 11.4 Å². The molecule has 1 N–H and O–H groups in total. The number of aryl methyl sites for hydroxylation is 3. The molecule has 1 aromatic carbocycles. The summed E-state index contributed by atoms with van der Waals surface area (Å²) in [4.78, 5) is 13.3. The number of anilines is 1. The number of nitrogens with one attached hydrogen (secondary N) is 1. The number of thiophene rings is 1. The highest BCUT2D eigenvalue weighted by Crippen LogP contribution is 2.28. The first-order chi connectivity index (χ1) is 12.6. The minimum Gasteiger partial charge on any atom is -0.321 e. The van der Waals surface area contributed by atoms with Crippen LogP contribution >= 0.6 is 11.3 Å². The van der Waals surface area contributed by atoms with Crippen molar-refractivity contribution in [3.63, 3.8) is 0 Å². The Morgan fingerprint density at radius 2 is 2.00 bits per heavy atom. The van der Waals surface area contributed by atoms with Crippen LogP contribution in [0.15, 0.2) is 29.6 Å². The van der Waals surface area contributed by atoms with Crippen LogP contribution in [0.1, 0.15) is 45.9 Å². The van der Waals surface area contributed by atoms with Gasteiger partial charge in [0, 0.05) is 24.2 Å². The van der Waals surface area contributed by atoms with Gasteiger partial charge in [0.15, 0.2) is 5.82 Å². The summed E-state index contributed by atoms with van der Waals surface area (Å²) in [7, 11) is 0. The maximum absolute atomic E-state index is 12.6. The number of hydrogen-bond donors (Lipinski definition) is 1. The molecule has 0 unspecified atom stereocenters. The number of aromatic nitrogens is 3. The molecule has 134 valence electrons. The molecular weight excluding hydrogens is 344 g/mol. The molecule has 1 aliphatic rings. The van der Waals surface area contributed by atoms with E-state index in [1.165, 1.54) is 24.2 Å². The predicted molar refractivity (Wildman–Crippen MR) is 105 cm³/mol. The van der Waals surface area contributed by atoms with Gasteiger partial charge in [-0.1, -0.05) is 18.6 Å². The van der Waals surface area contributed by atoms with Gasteiger partial charge >= 0.3 is 0 Å². The van der Waals surface area contributed by atoms with Gasteiger partial charge in [0.25, 0.3) is 5.91 Å². The Hall–Kier alpha value is -2.47. The first kappa shape index (κ1) is 17.0. The smallest absolute Gasteiger partial charge is 0.266 e. The van der Waals surface area contributed by atoms with E-state index in [9.17, 15) is 4.79 Å². The van der Waals surface area contributed by atoms with E-state index in [-0.39, 0.29) is 5.91 Å². The van der Waals surface area contributed by atoms with Crippen LogP contribution in [0.5, 0.6) is 0 Å². The second kappa shape index (κ2) is 7.03. The summed E-state index contributed by atoms with van der Waals surface area (Å²) in [5.74, 6) is 1.90. The lowest BCUT2D eigenvalue weighted by molar-refractivity contribution is 0.103. The molecule has 3 aromatic rings. The van der Waals surface area contributed by atoms with E-state index < -0.39 is 0 Å². The Morgan fingerprint density at radius 3 is 2.81 bits per heavy atom. The lowest BCUT2D eigenvalue weighted by Crippen LogP contribution is -2.12. The molecule has 5 nitrogen and oxygen atoms in total. The Balaban J connectivity index is 1.66. The van der Waals surface area contributed by atoms with Gasteiger partial charge < -0.3 is 9.88 Å². The van der Waals surface area contributed by atoms with Gasteiger partial charge in [0.2, 0.25) is 0 Å². The molecule has 0 saturated heterocycles. The summed E-state index contributed by atoms with van der Waals surface area (Å²) in [6, 6.07) is 8.07. The van der Waals surface area contributed by atoms with Crippen LogP contribution in [0, 0.1) is 13.8 Å². The Bertz CT molecular complexity index is 957. The van der Waals surface area contributed by atoms with Crippen LogP contribution in [-0.4, -0.2) is 20.7 Å². The third-order valence-electron chi connectivity index (χ3n) is 4.92. The summed E-state index contributed by atoms with van der Waals surface area (Å²) in [6.45, 7) is 4.92. The standard InChI is InChI=1S/C20H22N4OS/c1-13-7-8-15(19-23-22-17-6-4-3-5-10-24(17)19)12-16(13)21-20(25)18-14(2)9-11-26-18/h7-9,11-12H,3-6,10H2,1-2H3,(H,21,25). The molecule has 2 aromatic heterocycles. The van der Waals surface area contributed by atoms with Crippen molar-refractivity contribution in [2.45, 2.75) is 46.1 Å². The van der Waals surface area contributed by atoms with E-state index in [1.807, 2.05) is 37.4 Å².